The molecule has 17 heavy (non-hydrogen) atoms. The molecule has 1 aliphatic heterocycles. The quantitative estimate of drug-likeness (QED) is 0.819. The van der Waals surface area contributed by atoms with Crippen molar-refractivity contribution < 1.29 is 8.42 Å². The molecule has 1 aliphatic rings. The van der Waals surface area contributed by atoms with Crippen molar-refractivity contribution in [3.63, 3.8) is 0 Å². The molecule has 0 radical (unpaired) electrons. The van der Waals surface area contributed by atoms with Crippen LogP contribution in [-0.2, 0) is 16.3 Å². The molecular weight excluding hydrogens is 236 g/mol. The van der Waals surface area contributed by atoms with E-state index in [1.165, 1.54) is 11.8 Å². The van der Waals surface area contributed by atoms with Gasteiger partial charge in [0.05, 0.1) is 5.75 Å². The summed E-state index contributed by atoms with van der Waals surface area (Å²) in [5, 5.41) is 0. The third-order valence-electron chi connectivity index (χ3n) is 3.05. The van der Waals surface area contributed by atoms with E-state index in [-0.39, 0.29) is 5.75 Å². The van der Waals surface area contributed by atoms with Gasteiger partial charge >= 0.3 is 0 Å². The minimum atomic E-state index is -2.90. The van der Waals surface area contributed by atoms with Crippen molar-refractivity contribution in [3.8, 4) is 0 Å². The summed E-state index contributed by atoms with van der Waals surface area (Å²) in [6, 6.07) is 5.85. The molecule has 2 rings (SSSR count). The standard InChI is InChI=1S/C12H18N2O2S/c1-17(15,16)8-7-14-6-2-3-10-9-11(13)4-5-12(10)14/h4-5,9H,2-3,6-8,13H2,1H3. The van der Waals surface area contributed by atoms with Gasteiger partial charge in [-0.2, -0.15) is 0 Å². The van der Waals surface area contributed by atoms with Crippen molar-refractivity contribution in [2.24, 2.45) is 0 Å². The van der Waals surface area contributed by atoms with Gasteiger partial charge in [0.15, 0.2) is 0 Å². The number of aryl methyl sites for hydroxylation is 1. The zero-order valence-electron chi connectivity index (χ0n) is 10.0. The molecule has 1 aromatic carbocycles. The maximum Gasteiger partial charge on any atom is 0.149 e. The number of hydrogen-bond acceptors (Lipinski definition) is 4. The number of benzene rings is 1. The molecule has 0 saturated heterocycles. The molecule has 0 spiro atoms. The largest absolute Gasteiger partial charge is 0.399 e. The van der Waals surface area contributed by atoms with Gasteiger partial charge in [-0.3, -0.25) is 0 Å². The zero-order valence-corrected chi connectivity index (χ0v) is 10.8. The second kappa shape index (κ2) is 4.56. The first-order valence-electron chi connectivity index (χ1n) is 5.77. The van der Waals surface area contributed by atoms with Crippen molar-refractivity contribution in [1.82, 2.24) is 0 Å². The van der Waals surface area contributed by atoms with E-state index in [9.17, 15) is 8.42 Å². The number of rotatable bonds is 3. The van der Waals surface area contributed by atoms with Crippen LogP contribution in [0, 0.1) is 0 Å². The fourth-order valence-electron chi connectivity index (χ4n) is 2.20. The van der Waals surface area contributed by atoms with Gasteiger partial charge in [-0.05, 0) is 36.6 Å². The van der Waals surface area contributed by atoms with Crippen molar-refractivity contribution in [2.75, 3.05) is 35.7 Å². The molecule has 1 aromatic rings. The molecular formula is C12H18N2O2S. The first kappa shape index (κ1) is 12.2. The fourth-order valence-corrected chi connectivity index (χ4v) is 2.76. The van der Waals surface area contributed by atoms with Crippen LogP contribution in [0.15, 0.2) is 18.2 Å². The van der Waals surface area contributed by atoms with Crippen molar-refractivity contribution >= 4 is 21.2 Å². The third kappa shape index (κ3) is 3.12. The summed E-state index contributed by atoms with van der Waals surface area (Å²) in [6.07, 6.45) is 3.36. The van der Waals surface area contributed by atoms with Crippen LogP contribution in [0.3, 0.4) is 0 Å². The monoisotopic (exact) mass is 254 g/mol. The highest BCUT2D eigenvalue weighted by Crippen LogP contribution is 2.28. The summed E-state index contributed by atoms with van der Waals surface area (Å²) in [5.74, 6) is 0.205. The smallest absolute Gasteiger partial charge is 0.149 e. The molecule has 5 heteroatoms. The Kier molecular flexibility index (Phi) is 3.28. The molecule has 0 aliphatic carbocycles. The van der Waals surface area contributed by atoms with E-state index < -0.39 is 9.84 Å². The summed E-state index contributed by atoms with van der Waals surface area (Å²) in [7, 11) is -2.90. The number of sulfone groups is 1. The predicted octanol–water partition coefficient (Wildman–Crippen LogP) is 1.07. The van der Waals surface area contributed by atoms with Gasteiger partial charge in [0.1, 0.15) is 9.84 Å². The number of anilines is 2. The highest BCUT2D eigenvalue weighted by molar-refractivity contribution is 7.90. The Bertz CT molecular complexity index is 511. The van der Waals surface area contributed by atoms with Crippen LogP contribution in [0.5, 0.6) is 0 Å². The second-order valence-electron chi connectivity index (χ2n) is 4.61. The van der Waals surface area contributed by atoms with Gasteiger partial charge in [0, 0.05) is 30.7 Å². The minimum Gasteiger partial charge on any atom is -0.399 e. The number of nitrogens with two attached hydrogens (primary N) is 1. The van der Waals surface area contributed by atoms with Gasteiger partial charge in [-0.25, -0.2) is 8.42 Å². The van der Waals surface area contributed by atoms with Crippen LogP contribution in [0.25, 0.3) is 0 Å². The Morgan fingerprint density at radius 3 is 2.88 bits per heavy atom. The first-order valence-corrected chi connectivity index (χ1v) is 7.83. The Morgan fingerprint density at radius 1 is 1.41 bits per heavy atom. The number of fused-ring (bicyclic) bond motifs is 1. The predicted molar refractivity (Wildman–Crippen MR) is 71.1 cm³/mol. The van der Waals surface area contributed by atoms with Crippen LogP contribution in [0.2, 0.25) is 0 Å². The highest BCUT2D eigenvalue weighted by atomic mass is 32.2. The molecule has 4 nitrogen and oxygen atoms in total. The third-order valence-corrected chi connectivity index (χ3v) is 3.97. The molecule has 0 amide bonds. The van der Waals surface area contributed by atoms with Gasteiger partial charge in [0.25, 0.3) is 0 Å². The molecule has 2 N–H and O–H groups in total. The highest BCUT2D eigenvalue weighted by Gasteiger charge is 2.17. The van der Waals surface area contributed by atoms with E-state index in [1.807, 2.05) is 18.2 Å². The molecule has 0 aromatic heterocycles. The SMILES string of the molecule is CS(=O)(=O)CCN1CCCc2cc(N)ccc21. The second-order valence-corrected chi connectivity index (χ2v) is 6.87. The van der Waals surface area contributed by atoms with Gasteiger partial charge < -0.3 is 10.6 Å². The average molecular weight is 254 g/mol. The Balaban J connectivity index is 2.17. The molecule has 0 unspecified atom stereocenters. The Hall–Kier alpha value is -1.23. The van der Waals surface area contributed by atoms with Crippen LogP contribution < -0.4 is 10.6 Å². The van der Waals surface area contributed by atoms with Gasteiger partial charge in [-0.1, -0.05) is 0 Å². The lowest BCUT2D eigenvalue weighted by Gasteiger charge is -2.31. The number of hydrogen-bond donors (Lipinski definition) is 1. The average Bonchev–Trinajstić information content (AvgIpc) is 2.24. The van der Waals surface area contributed by atoms with Crippen molar-refractivity contribution in [1.29, 1.82) is 0 Å². The summed E-state index contributed by atoms with van der Waals surface area (Å²) in [4.78, 5) is 2.14. The summed E-state index contributed by atoms with van der Waals surface area (Å²) in [5.41, 5.74) is 8.89. The fraction of sp³-hybridized carbons (Fsp3) is 0.500. The Labute approximate surface area is 102 Å². The lowest BCUT2D eigenvalue weighted by Crippen LogP contribution is -2.33. The molecule has 0 bridgehead atoms. The first-order chi connectivity index (χ1) is 7.96. The summed E-state index contributed by atoms with van der Waals surface area (Å²) < 4.78 is 22.4. The van der Waals surface area contributed by atoms with E-state index >= 15 is 0 Å². The van der Waals surface area contributed by atoms with Gasteiger partial charge in [0.2, 0.25) is 0 Å². The van der Waals surface area contributed by atoms with Crippen molar-refractivity contribution in [2.45, 2.75) is 12.8 Å². The van der Waals surface area contributed by atoms with E-state index in [2.05, 4.69) is 4.90 Å². The van der Waals surface area contributed by atoms with Crippen LogP contribution in [-0.4, -0.2) is 33.5 Å². The summed E-state index contributed by atoms with van der Waals surface area (Å²) in [6.45, 7) is 1.49. The van der Waals surface area contributed by atoms with E-state index in [0.717, 1.165) is 30.8 Å². The Morgan fingerprint density at radius 2 is 2.18 bits per heavy atom. The van der Waals surface area contributed by atoms with Crippen LogP contribution in [0.1, 0.15) is 12.0 Å². The molecule has 94 valence electrons. The lowest BCUT2D eigenvalue weighted by atomic mass is 10.0. The van der Waals surface area contributed by atoms with E-state index in [1.54, 1.807) is 0 Å². The van der Waals surface area contributed by atoms with E-state index in [4.69, 9.17) is 5.73 Å². The maximum atomic E-state index is 11.2. The molecule has 0 atom stereocenters. The topological polar surface area (TPSA) is 63.4 Å². The molecule has 1 heterocycles. The summed E-state index contributed by atoms with van der Waals surface area (Å²) >= 11 is 0. The number of nitrogens with zero attached hydrogens (tertiary/aromatic N) is 1. The maximum absolute atomic E-state index is 11.2. The number of nitrogen functional groups attached to an aromatic ring is 1. The van der Waals surface area contributed by atoms with Gasteiger partial charge in [-0.15, -0.1) is 0 Å². The normalized spacial score (nSPS) is 15.7. The van der Waals surface area contributed by atoms with E-state index in [0.29, 0.717) is 6.54 Å². The molecule has 0 fully saturated rings. The van der Waals surface area contributed by atoms with Crippen molar-refractivity contribution in [3.05, 3.63) is 23.8 Å². The van der Waals surface area contributed by atoms with Crippen LogP contribution in [0.4, 0.5) is 11.4 Å². The molecule has 0 saturated carbocycles. The minimum absolute atomic E-state index is 0.205. The zero-order chi connectivity index (χ0) is 12.5. The van der Waals surface area contributed by atoms with Crippen LogP contribution >= 0.6 is 0 Å². The lowest BCUT2D eigenvalue weighted by molar-refractivity contribution is 0.598.